The van der Waals surface area contributed by atoms with Gasteiger partial charge in [-0.2, -0.15) is 4.31 Å². The van der Waals surface area contributed by atoms with Crippen LogP contribution in [0.2, 0.25) is 0 Å². The smallest absolute Gasteiger partial charge is 0.293 e. The number of ether oxygens (including phenoxy) is 1. The fourth-order valence-corrected chi connectivity index (χ4v) is 6.23. The van der Waals surface area contributed by atoms with Gasteiger partial charge in [0.05, 0.1) is 24.2 Å². The number of Topliss-reactive ketones (excluding diaryl/α,β-unsaturated/α-hetero) is 1. The zero-order valence-corrected chi connectivity index (χ0v) is 23.2. The van der Waals surface area contributed by atoms with E-state index in [9.17, 15) is 18.0 Å². The summed E-state index contributed by atoms with van der Waals surface area (Å²) in [5.41, 5.74) is 1.67. The quantitative estimate of drug-likeness (QED) is 0.262. The average molecular weight is 562 g/mol. The number of nitrogens with one attached hydrogen (secondary N) is 2. The van der Waals surface area contributed by atoms with Crippen LogP contribution in [0.3, 0.4) is 0 Å². The molecule has 1 fully saturated rings. The molecule has 1 aromatic heterocycles. The molecule has 1 saturated heterocycles. The number of carbonyl (C=O) groups is 2. The van der Waals surface area contributed by atoms with Crippen molar-refractivity contribution in [3.63, 3.8) is 0 Å². The first kappa shape index (κ1) is 27.4. The van der Waals surface area contributed by atoms with Crippen molar-refractivity contribution in [2.75, 3.05) is 37.4 Å². The van der Waals surface area contributed by atoms with E-state index in [2.05, 4.69) is 17.6 Å². The summed E-state index contributed by atoms with van der Waals surface area (Å²) >= 11 is 0. The summed E-state index contributed by atoms with van der Waals surface area (Å²) in [4.78, 5) is 26.5. The van der Waals surface area contributed by atoms with Crippen LogP contribution < -0.4 is 15.4 Å². The minimum Gasteiger partial charge on any atom is -0.497 e. The number of hydrogen-bond donors (Lipinski definition) is 2. The lowest BCUT2D eigenvalue weighted by atomic mass is 10.0. The number of anilines is 2. The van der Waals surface area contributed by atoms with Gasteiger partial charge in [-0.15, -0.1) is 0 Å². The Hall–Kier alpha value is -4.15. The predicted octanol–water partition coefficient (Wildman–Crippen LogP) is 5.41. The number of hydrogen-bond acceptors (Lipinski definition) is 7. The summed E-state index contributed by atoms with van der Waals surface area (Å²) < 4.78 is 38.9. The van der Waals surface area contributed by atoms with E-state index >= 15 is 0 Å². The van der Waals surface area contributed by atoms with Crippen molar-refractivity contribution >= 4 is 44.1 Å². The second-order valence-corrected chi connectivity index (χ2v) is 11.8. The molecule has 40 heavy (non-hydrogen) atoms. The van der Waals surface area contributed by atoms with Gasteiger partial charge in [0.2, 0.25) is 15.8 Å². The van der Waals surface area contributed by atoms with Gasteiger partial charge in [-0.3, -0.25) is 9.59 Å². The number of fused-ring (bicyclic) bond motifs is 1. The van der Waals surface area contributed by atoms with E-state index < -0.39 is 15.9 Å². The molecule has 9 nitrogen and oxygen atoms in total. The van der Waals surface area contributed by atoms with Gasteiger partial charge in [0.1, 0.15) is 11.3 Å². The van der Waals surface area contributed by atoms with Crippen molar-refractivity contribution < 1.29 is 27.2 Å². The molecule has 4 aromatic rings. The number of furan rings is 1. The number of piperidine rings is 1. The molecule has 1 aliphatic heterocycles. The highest BCUT2D eigenvalue weighted by molar-refractivity contribution is 7.89. The van der Waals surface area contributed by atoms with Crippen LogP contribution in [0.5, 0.6) is 5.75 Å². The third kappa shape index (κ3) is 5.73. The van der Waals surface area contributed by atoms with E-state index in [1.807, 2.05) is 6.07 Å². The van der Waals surface area contributed by atoms with Gasteiger partial charge in [-0.1, -0.05) is 31.2 Å². The van der Waals surface area contributed by atoms with Gasteiger partial charge in [-0.25, -0.2) is 8.42 Å². The molecule has 1 amide bonds. The van der Waals surface area contributed by atoms with E-state index in [-0.39, 0.29) is 28.5 Å². The number of benzene rings is 3. The van der Waals surface area contributed by atoms with E-state index in [4.69, 9.17) is 9.15 Å². The fraction of sp³-hybridized carbons (Fsp3) is 0.267. The number of sulfonamides is 1. The van der Waals surface area contributed by atoms with Crippen LogP contribution in [0.25, 0.3) is 11.0 Å². The Morgan fingerprint density at radius 3 is 2.45 bits per heavy atom. The summed E-state index contributed by atoms with van der Waals surface area (Å²) in [6, 6.07) is 20.1. The number of para-hydroxylation sites is 1. The molecule has 5 rings (SSSR count). The number of methoxy groups -OCH3 is 1. The van der Waals surface area contributed by atoms with Gasteiger partial charge >= 0.3 is 0 Å². The molecule has 0 aliphatic carbocycles. The fourth-order valence-electron chi connectivity index (χ4n) is 4.72. The number of nitrogens with zero attached hydrogens (tertiary/aromatic N) is 1. The minimum atomic E-state index is -3.70. The molecule has 0 radical (unpaired) electrons. The molecule has 0 saturated carbocycles. The van der Waals surface area contributed by atoms with Crippen LogP contribution in [-0.2, 0) is 10.0 Å². The Balaban J connectivity index is 1.34. The van der Waals surface area contributed by atoms with Crippen LogP contribution in [-0.4, -0.2) is 51.2 Å². The summed E-state index contributed by atoms with van der Waals surface area (Å²) in [6.07, 6.45) is 1.63. The van der Waals surface area contributed by atoms with Gasteiger partial charge < -0.3 is 19.8 Å². The highest BCUT2D eigenvalue weighted by Gasteiger charge is 2.29. The molecule has 0 unspecified atom stereocenters. The largest absolute Gasteiger partial charge is 0.497 e. The lowest BCUT2D eigenvalue weighted by Gasteiger charge is -2.29. The Morgan fingerprint density at radius 1 is 1.00 bits per heavy atom. The predicted molar refractivity (Wildman–Crippen MR) is 154 cm³/mol. The second-order valence-electron chi connectivity index (χ2n) is 9.88. The first-order chi connectivity index (χ1) is 19.3. The highest BCUT2D eigenvalue weighted by atomic mass is 32.2. The van der Waals surface area contributed by atoms with Crippen molar-refractivity contribution in [2.45, 2.75) is 24.7 Å². The van der Waals surface area contributed by atoms with Crippen LogP contribution in [0, 0.1) is 5.92 Å². The van der Waals surface area contributed by atoms with E-state index in [1.54, 1.807) is 61.7 Å². The third-order valence-electron chi connectivity index (χ3n) is 7.11. The molecule has 0 spiro atoms. The third-order valence-corrected chi connectivity index (χ3v) is 9.01. The lowest BCUT2D eigenvalue weighted by Crippen LogP contribution is -2.37. The van der Waals surface area contributed by atoms with Crippen molar-refractivity contribution in [3.8, 4) is 5.75 Å². The lowest BCUT2D eigenvalue weighted by molar-refractivity contribution is 0.0990. The Kier molecular flexibility index (Phi) is 7.90. The van der Waals surface area contributed by atoms with Crippen LogP contribution >= 0.6 is 0 Å². The van der Waals surface area contributed by atoms with Crippen molar-refractivity contribution in [3.05, 3.63) is 84.1 Å². The first-order valence-electron chi connectivity index (χ1n) is 13.1. The number of amides is 1. The molecular formula is C30H31N3O6S. The molecule has 2 N–H and O–H groups in total. The van der Waals surface area contributed by atoms with E-state index in [1.165, 1.54) is 16.4 Å². The van der Waals surface area contributed by atoms with Crippen molar-refractivity contribution in [1.82, 2.24) is 4.31 Å². The number of rotatable bonds is 9. The van der Waals surface area contributed by atoms with Gasteiger partial charge in [0.15, 0.2) is 5.78 Å². The Morgan fingerprint density at radius 2 is 1.73 bits per heavy atom. The van der Waals surface area contributed by atoms with Gasteiger partial charge in [0.25, 0.3) is 5.91 Å². The Bertz CT molecular complexity index is 1640. The SMILES string of the molecule is COc1ccc(NC(=O)c2oc3ccccc3c2NCC(=O)c2cccc(S(=O)(=O)N3CCC(C)CC3)c2)cc1. The first-order valence-corrected chi connectivity index (χ1v) is 14.5. The van der Waals surface area contributed by atoms with Crippen LogP contribution in [0.1, 0.15) is 40.7 Å². The molecule has 10 heteroatoms. The van der Waals surface area contributed by atoms with Crippen LogP contribution in [0.15, 0.2) is 82.1 Å². The molecule has 1 aliphatic rings. The summed E-state index contributed by atoms with van der Waals surface area (Å²) in [7, 11) is -2.13. The standard InChI is InChI=1S/C30H31N3O6S/c1-20-14-16-33(17-15-20)40(36,37)24-7-5-6-21(18-24)26(34)19-31-28-25-8-3-4-9-27(25)39-29(28)30(35)32-22-10-12-23(38-2)13-11-22/h3-13,18,20,31H,14-17,19H2,1-2H3,(H,32,35). The van der Waals surface area contributed by atoms with Crippen molar-refractivity contribution in [1.29, 1.82) is 0 Å². The average Bonchev–Trinajstić information content (AvgIpc) is 3.35. The van der Waals surface area contributed by atoms with E-state index in [0.29, 0.717) is 47.1 Å². The summed E-state index contributed by atoms with van der Waals surface area (Å²) in [5, 5.41) is 6.51. The maximum Gasteiger partial charge on any atom is 0.293 e. The summed E-state index contributed by atoms with van der Waals surface area (Å²) in [6.45, 7) is 2.89. The number of carbonyl (C=O) groups excluding carboxylic acids is 2. The second kappa shape index (κ2) is 11.5. The molecule has 208 valence electrons. The molecule has 3 aromatic carbocycles. The molecule has 2 heterocycles. The summed E-state index contributed by atoms with van der Waals surface area (Å²) in [5.74, 6) is 0.370. The van der Waals surface area contributed by atoms with E-state index in [0.717, 1.165) is 12.8 Å². The van der Waals surface area contributed by atoms with Gasteiger partial charge in [0, 0.05) is 29.7 Å². The van der Waals surface area contributed by atoms with Crippen molar-refractivity contribution in [2.24, 2.45) is 5.92 Å². The highest BCUT2D eigenvalue weighted by Crippen LogP contribution is 2.32. The van der Waals surface area contributed by atoms with Crippen LogP contribution in [0.4, 0.5) is 11.4 Å². The Labute approximate surface area is 233 Å². The maximum absolute atomic E-state index is 13.2. The molecular weight excluding hydrogens is 530 g/mol. The maximum atomic E-state index is 13.2. The zero-order valence-electron chi connectivity index (χ0n) is 22.3. The minimum absolute atomic E-state index is 0.0282. The number of ketones is 1. The van der Waals surface area contributed by atoms with Gasteiger partial charge in [-0.05, 0) is 67.3 Å². The molecule has 0 atom stereocenters. The monoisotopic (exact) mass is 561 g/mol. The molecule has 0 bridgehead atoms. The normalized spacial score (nSPS) is 14.7. The topological polar surface area (TPSA) is 118 Å². The zero-order chi connectivity index (χ0) is 28.3.